The summed E-state index contributed by atoms with van der Waals surface area (Å²) in [6, 6.07) is 2.46. The van der Waals surface area contributed by atoms with Crippen molar-refractivity contribution < 1.29 is 9.13 Å². The summed E-state index contributed by atoms with van der Waals surface area (Å²) in [5, 5.41) is 0. The van der Waals surface area contributed by atoms with Gasteiger partial charge in [0.1, 0.15) is 18.2 Å². The van der Waals surface area contributed by atoms with Crippen LogP contribution in [0.5, 0.6) is 5.75 Å². The third-order valence-electron chi connectivity index (χ3n) is 1.57. The van der Waals surface area contributed by atoms with Crippen LogP contribution < -0.4 is 10.5 Å². The van der Waals surface area contributed by atoms with Gasteiger partial charge in [0.25, 0.3) is 0 Å². The Morgan fingerprint density at radius 1 is 1.43 bits per heavy atom. The molecule has 0 spiro atoms. The third kappa shape index (κ3) is 1.97. The average Bonchev–Trinajstić information content (AvgIpc) is 2.19. The van der Waals surface area contributed by atoms with Crippen molar-refractivity contribution in [2.45, 2.75) is 0 Å². The van der Waals surface area contributed by atoms with Gasteiger partial charge in [0.15, 0.2) is 0 Å². The molecule has 14 heavy (non-hydrogen) atoms. The van der Waals surface area contributed by atoms with Crippen LogP contribution in [0.15, 0.2) is 12.1 Å². The molecule has 0 heterocycles. The summed E-state index contributed by atoms with van der Waals surface area (Å²) in [5.74, 6) is 4.32. The fourth-order valence-electron chi connectivity index (χ4n) is 0.921. The summed E-state index contributed by atoms with van der Waals surface area (Å²) in [6.45, 7) is 0.0692. The van der Waals surface area contributed by atoms with Crippen LogP contribution in [-0.4, -0.2) is 6.61 Å². The number of anilines is 1. The summed E-state index contributed by atoms with van der Waals surface area (Å²) < 4.78 is 18.0. The molecule has 0 atom stereocenters. The highest BCUT2D eigenvalue weighted by Crippen LogP contribution is 2.23. The van der Waals surface area contributed by atoms with Gasteiger partial charge >= 0.3 is 0 Å². The third-order valence-corrected chi connectivity index (χ3v) is 1.57. The molecule has 1 aromatic rings. The van der Waals surface area contributed by atoms with Crippen molar-refractivity contribution in [3.63, 3.8) is 0 Å². The molecule has 2 nitrogen and oxygen atoms in total. The first-order valence-electron chi connectivity index (χ1n) is 3.81. The maximum Gasteiger partial charge on any atom is 0.148 e. The van der Waals surface area contributed by atoms with Crippen molar-refractivity contribution in [2.75, 3.05) is 12.3 Å². The second kappa shape index (κ2) is 4.20. The molecule has 0 fully saturated rings. The van der Waals surface area contributed by atoms with Gasteiger partial charge in [-0.3, -0.25) is 0 Å². The summed E-state index contributed by atoms with van der Waals surface area (Å²) >= 11 is 0. The largest absolute Gasteiger partial charge is 0.480 e. The van der Waals surface area contributed by atoms with E-state index in [1.54, 1.807) is 0 Å². The Morgan fingerprint density at radius 3 is 2.71 bits per heavy atom. The lowest BCUT2D eigenvalue weighted by Gasteiger charge is -2.06. The maximum absolute atomic E-state index is 13.0. The van der Waals surface area contributed by atoms with E-state index in [2.05, 4.69) is 11.8 Å². The highest BCUT2D eigenvalue weighted by atomic mass is 19.1. The molecule has 0 saturated heterocycles. The first-order chi connectivity index (χ1) is 6.69. The predicted molar refractivity (Wildman–Crippen MR) is 53.1 cm³/mol. The van der Waals surface area contributed by atoms with Crippen molar-refractivity contribution in [1.29, 1.82) is 0 Å². The fourth-order valence-corrected chi connectivity index (χ4v) is 0.921. The Labute approximate surface area is 81.9 Å². The van der Waals surface area contributed by atoms with Gasteiger partial charge in [-0.15, -0.1) is 12.8 Å². The Kier molecular flexibility index (Phi) is 2.99. The van der Waals surface area contributed by atoms with Gasteiger partial charge in [-0.25, -0.2) is 4.39 Å². The van der Waals surface area contributed by atoms with Crippen molar-refractivity contribution in [3.8, 4) is 30.4 Å². The van der Waals surface area contributed by atoms with Crippen LogP contribution in [0.25, 0.3) is 0 Å². The van der Waals surface area contributed by atoms with Crippen LogP contribution in [0.2, 0.25) is 0 Å². The van der Waals surface area contributed by atoms with E-state index in [0.717, 1.165) is 6.07 Å². The molecule has 0 bridgehead atoms. The quantitative estimate of drug-likeness (QED) is 0.563. The topological polar surface area (TPSA) is 35.2 Å². The van der Waals surface area contributed by atoms with Gasteiger partial charge in [0.05, 0.1) is 11.3 Å². The number of nitrogen functional groups attached to an aromatic ring is 1. The van der Waals surface area contributed by atoms with E-state index < -0.39 is 5.82 Å². The first-order valence-corrected chi connectivity index (χ1v) is 3.81. The van der Waals surface area contributed by atoms with Crippen molar-refractivity contribution >= 4 is 5.69 Å². The van der Waals surface area contributed by atoms with Gasteiger partial charge in [-0.1, -0.05) is 11.8 Å². The smallest absolute Gasteiger partial charge is 0.148 e. The molecular weight excluding hydrogens is 181 g/mol. The van der Waals surface area contributed by atoms with E-state index >= 15 is 0 Å². The zero-order valence-corrected chi connectivity index (χ0v) is 7.38. The van der Waals surface area contributed by atoms with Crippen LogP contribution in [0.3, 0.4) is 0 Å². The second-order valence-electron chi connectivity index (χ2n) is 2.51. The normalized spacial score (nSPS) is 8.79. The van der Waals surface area contributed by atoms with Gasteiger partial charge in [-0.05, 0) is 6.07 Å². The molecule has 1 aromatic carbocycles. The van der Waals surface area contributed by atoms with Crippen molar-refractivity contribution in [2.24, 2.45) is 0 Å². The van der Waals surface area contributed by atoms with E-state index in [-0.39, 0.29) is 12.3 Å². The number of hydrogen-bond donors (Lipinski definition) is 1. The lowest BCUT2D eigenvalue weighted by atomic mass is 10.2. The number of terminal acetylenes is 2. The molecule has 0 saturated carbocycles. The van der Waals surface area contributed by atoms with Gasteiger partial charge in [0.2, 0.25) is 0 Å². The summed E-state index contributed by atoms with van der Waals surface area (Å²) in [7, 11) is 0. The molecule has 0 radical (unpaired) electrons. The molecule has 0 aromatic heterocycles. The minimum atomic E-state index is -0.564. The number of nitrogens with two attached hydrogens (primary N) is 1. The second-order valence-corrected chi connectivity index (χ2v) is 2.51. The van der Waals surface area contributed by atoms with Crippen LogP contribution in [0.4, 0.5) is 10.1 Å². The summed E-state index contributed by atoms with van der Waals surface area (Å²) in [6.07, 6.45) is 10.2. The van der Waals surface area contributed by atoms with Crippen LogP contribution >= 0.6 is 0 Å². The number of rotatable bonds is 2. The SMILES string of the molecule is C#CCOc1cc(N)c(F)cc1C#C. The average molecular weight is 189 g/mol. The Balaban J connectivity index is 3.10. The van der Waals surface area contributed by atoms with Crippen LogP contribution in [-0.2, 0) is 0 Å². The molecule has 0 aliphatic heterocycles. The molecule has 0 unspecified atom stereocenters. The molecular formula is C11H8FNO. The van der Waals surface area contributed by atoms with E-state index in [9.17, 15) is 4.39 Å². The Morgan fingerprint density at radius 2 is 2.14 bits per heavy atom. The minimum absolute atomic E-state index is 0.0176. The van der Waals surface area contributed by atoms with Crippen molar-refractivity contribution in [1.82, 2.24) is 0 Å². The van der Waals surface area contributed by atoms with E-state index in [1.165, 1.54) is 6.07 Å². The lowest BCUT2D eigenvalue weighted by Crippen LogP contribution is -1.99. The molecule has 70 valence electrons. The van der Waals surface area contributed by atoms with E-state index in [4.69, 9.17) is 23.3 Å². The minimum Gasteiger partial charge on any atom is -0.480 e. The highest BCUT2D eigenvalue weighted by molar-refractivity contribution is 5.55. The molecule has 1 rings (SSSR count). The zero-order chi connectivity index (χ0) is 10.6. The van der Waals surface area contributed by atoms with Gasteiger partial charge in [0, 0.05) is 6.07 Å². The van der Waals surface area contributed by atoms with Gasteiger partial charge < -0.3 is 10.5 Å². The first kappa shape index (κ1) is 9.95. The van der Waals surface area contributed by atoms with E-state index in [1.807, 2.05) is 0 Å². The monoisotopic (exact) mass is 189 g/mol. The number of hydrogen-bond acceptors (Lipinski definition) is 2. The Hall–Kier alpha value is -2.13. The lowest BCUT2D eigenvalue weighted by molar-refractivity contribution is 0.369. The summed E-state index contributed by atoms with van der Waals surface area (Å²) in [4.78, 5) is 0. The van der Waals surface area contributed by atoms with E-state index in [0.29, 0.717) is 11.3 Å². The molecule has 0 amide bonds. The molecule has 3 heteroatoms. The Bertz CT molecular complexity index is 426. The van der Waals surface area contributed by atoms with Crippen LogP contribution in [0.1, 0.15) is 5.56 Å². The van der Waals surface area contributed by atoms with Gasteiger partial charge in [-0.2, -0.15) is 0 Å². The maximum atomic E-state index is 13.0. The molecule has 0 aliphatic carbocycles. The predicted octanol–water partition coefficient (Wildman–Crippen LogP) is 1.40. The fraction of sp³-hybridized carbons (Fsp3) is 0.0909. The standard InChI is InChI=1S/C11H8FNO/c1-3-5-14-11-7-10(13)9(12)6-8(11)4-2/h1-2,6-7H,5,13H2. The zero-order valence-electron chi connectivity index (χ0n) is 7.38. The number of halogens is 1. The molecule has 2 N–H and O–H groups in total. The highest BCUT2D eigenvalue weighted by Gasteiger charge is 2.06. The number of benzene rings is 1. The summed E-state index contributed by atoms with van der Waals surface area (Å²) in [5.41, 5.74) is 5.62. The van der Waals surface area contributed by atoms with Crippen molar-refractivity contribution in [3.05, 3.63) is 23.5 Å². The number of ether oxygens (including phenoxy) is 1. The molecule has 0 aliphatic rings. The van der Waals surface area contributed by atoms with Crippen LogP contribution in [0, 0.1) is 30.5 Å².